The van der Waals surface area contributed by atoms with Crippen LogP contribution in [0.3, 0.4) is 0 Å². The largest absolute Gasteiger partial charge is 1.00 e. The maximum atomic E-state index is 6.41. The van der Waals surface area contributed by atoms with E-state index in [1.165, 1.54) is 16.3 Å². The number of benzene rings is 2. The Bertz CT molecular complexity index is 796. The number of imidazole rings is 1. The number of nitrogens with zero attached hydrogens (tertiary/aromatic N) is 2. The molecule has 110 valence electrons. The molecule has 0 aliphatic rings. The van der Waals surface area contributed by atoms with Crippen molar-refractivity contribution in [3.05, 3.63) is 58.6 Å². The summed E-state index contributed by atoms with van der Waals surface area (Å²) in [7, 11) is 0. The van der Waals surface area contributed by atoms with Crippen LogP contribution in [0.1, 0.15) is 12.5 Å². The number of aryl methyl sites for hydroxylation is 2. The molecule has 1 aromatic heterocycles. The lowest BCUT2D eigenvalue weighted by Crippen LogP contribution is -3.00. The summed E-state index contributed by atoms with van der Waals surface area (Å²) in [6.07, 6.45) is 1.96. The van der Waals surface area contributed by atoms with Gasteiger partial charge in [-0.15, -0.1) is 0 Å². The Morgan fingerprint density at radius 1 is 1.10 bits per heavy atom. The van der Waals surface area contributed by atoms with Gasteiger partial charge in [0.05, 0.1) is 6.54 Å². The van der Waals surface area contributed by atoms with Gasteiger partial charge < -0.3 is 17.0 Å². The van der Waals surface area contributed by atoms with Crippen LogP contribution in [0.2, 0.25) is 10.3 Å². The third-order valence-electron chi connectivity index (χ3n) is 3.57. The third kappa shape index (κ3) is 2.70. The highest BCUT2D eigenvalue weighted by Crippen LogP contribution is 2.30. The van der Waals surface area contributed by atoms with Crippen molar-refractivity contribution in [1.29, 1.82) is 0 Å². The molecule has 2 nitrogen and oxygen atoms in total. The molecule has 0 spiro atoms. The van der Waals surface area contributed by atoms with Crippen LogP contribution in [0.15, 0.2) is 42.7 Å². The normalized spacial score (nSPS) is 10.7. The molecule has 0 amide bonds. The smallest absolute Gasteiger partial charge is 0.260 e. The fourth-order valence-electron chi connectivity index (χ4n) is 2.52. The van der Waals surface area contributed by atoms with Crippen LogP contribution in [-0.2, 0) is 6.54 Å². The lowest BCUT2D eigenvalue weighted by atomic mass is 10.0. The molecule has 0 saturated carbocycles. The van der Waals surface area contributed by atoms with Crippen LogP contribution in [-0.4, -0.2) is 4.57 Å². The summed E-state index contributed by atoms with van der Waals surface area (Å²) in [5, 5.41) is 3.48. The summed E-state index contributed by atoms with van der Waals surface area (Å²) >= 11 is 12.7. The molecule has 0 aliphatic heterocycles. The third-order valence-corrected chi connectivity index (χ3v) is 4.43. The van der Waals surface area contributed by atoms with E-state index in [-0.39, 0.29) is 17.0 Å². The van der Waals surface area contributed by atoms with E-state index in [1.54, 1.807) is 0 Å². The van der Waals surface area contributed by atoms with E-state index < -0.39 is 0 Å². The first-order valence-electron chi connectivity index (χ1n) is 6.58. The van der Waals surface area contributed by atoms with Crippen molar-refractivity contribution in [2.45, 2.75) is 20.4 Å². The van der Waals surface area contributed by atoms with E-state index in [4.69, 9.17) is 23.2 Å². The molecule has 0 atom stereocenters. The Kier molecular flexibility index (Phi) is 4.97. The van der Waals surface area contributed by atoms with Crippen molar-refractivity contribution >= 4 is 34.0 Å². The van der Waals surface area contributed by atoms with Gasteiger partial charge in [-0.1, -0.05) is 36.4 Å². The number of halogens is 3. The maximum Gasteiger partial charge on any atom is 0.260 e. The first-order valence-corrected chi connectivity index (χ1v) is 7.33. The van der Waals surface area contributed by atoms with Gasteiger partial charge in [0.1, 0.15) is 5.69 Å². The average Bonchev–Trinajstić information content (AvgIpc) is 2.75. The monoisotopic (exact) mass is 384 g/mol. The molecular weight excluding hydrogens is 371 g/mol. The van der Waals surface area contributed by atoms with Crippen LogP contribution >= 0.6 is 23.2 Å². The number of aromatic nitrogens is 2. The molecule has 0 bridgehead atoms. The second-order valence-electron chi connectivity index (χ2n) is 4.81. The van der Waals surface area contributed by atoms with Crippen molar-refractivity contribution in [3.63, 3.8) is 0 Å². The first kappa shape index (κ1) is 16.3. The predicted molar refractivity (Wildman–Crippen MR) is 83.9 cm³/mol. The molecular formula is C16H15BrCl2N2. The lowest BCUT2D eigenvalue weighted by molar-refractivity contribution is -0.690. The molecule has 0 fully saturated rings. The molecule has 0 radical (unpaired) electrons. The molecule has 0 unspecified atom stereocenters. The Morgan fingerprint density at radius 3 is 2.48 bits per heavy atom. The van der Waals surface area contributed by atoms with Crippen molar-refractivity contribution in [3.8, 4) is 5.69 Å². The van der Waals surface area contributed by atoms with E-state index in [0.29, 0.717) is 10.3 Å². The van der Waals surface area contributed by atoms with Gasteiger partial charge in [-0.25, -0.2) is 4.57 Å². The Balaban J connectivity index is 0.00000161. The second-order valence-corrected chi connectivity index (χ2v) is 5.52. The van der Waals surface area contributed by atoms with Gasteiger partial charge in [0, 0.05) is 5.39 Å². The molecule has 1 heterocycles. The SMILES string of the molecule is CC[n+]1cn(-c2c(C)ccc3ccccc23)c(Cl)c1Cl.[Br-]. The van der Waals surface area contributed by atoms with Gasteiger partial charge in [-0.2, -0.15) is 4.57 Å². The minimum Gasteiger partial charge on any atom is -1.00 e. The molecule has 0 aliphatic carbocycles. The quantitative estimate of drug-likeness (QED) is 0.592. The second kappa shape index (κ2) is 6.39. The van der Waals surface area contributed by atoms with Crippen LogP contribution in [0.5, 0.6) is 0 Å². The number of hydrogen-bond donors (Lipinski definition) is 0. The highest BCUT2D eigenvalue weighted by atomic mass is 79.9. The Labute approximate surface area is 144 Å². The zero-order valence-corrected chi connectivity index (χ0v) is 14.9. The summed E-state index contributed by atoms with van der Waals surface area (Å²) < 4.78 is 3.90. The van der Waals surface area contributed by atoms with Gasteiger partial charge in [-0.3, -0.25) is 0 Å². The molecule has 2 aromatic carbocycles. The molecule has 0 N–H and O–H groups in total. The van der Waals surface area contributed by atoms with E-state index in [2.05, 4.69) is 31.2 Å². The van der Waals surface area contributed by atoms with E-state index in [1.807, 2.05) is 34.5 Å². The van der Waals surface area contributed by atoms with Gasteiger partial charge >= 0.3 is 0 Å². The van der Waals surface area contributed by atoms with Crippen molar-refractivity contribution in [1.82, 2.24) is 4.57 Å². The highest BCUT2D eigenvalue weighted by Gasteiger charge is 2.23. The van der Waals surface area contributed by atoms with Gasteiger partial charge in [0.15, 0.2) is 0 Å². The molecule has 3 aromatic rings. The number of fused-ring (bicyclic) bond motifs is 1. The summed E-state index contributed by atoms with van der Waals surface area (Å²) in [6, 6.07) is 12.5. The standard InChI is InChI=1S/C16H15Cl2N2.BrH/c1-3-19-10-20(16(18)15(19)17)14-11(2)8-9-12-6-4-5-7-13(12)14;/h4-10H,3H2,1-2H3;1H/q+1;/p-1. The average molecular weight is 386 g/mol. The first-order chi connectivity index (χ1) is 9.63. The predicted octanol–water partition coefficient (Wildman–Crippen LogP) is 1.56. The molecule has 21 heavy (non-hydrogen) atoms. The summed E-state index contributed by atoms with van der Waals surface area (Å²) in [5.41, 5.74) is 2.25. The van der Waals surface area contributed by atoms with Crippen LogP contribution in [0.4, 0.5) is 0 Å². The van der Waals surface area contributed by atoms with E-state index >= 15 is 0 Å². The van der Waals surface area contributed by atoms with Crippen LogP contribution in [0, 0.1) is 6.92 Å². The molecule has 0 saturated heterocycles. The molecule has 3 rings (SSSR count). The number of hydrogen-bond acceptors (Lipinski definition) is 0. The van der Waals surface area contributed by atoms with Gasteiger partial charge in [0.2, 0.25) is 0 Å². The lowest BCUT2D eigenvalue weighted by Gasteiger charge is -2.07. The highest BCUT2D eigenvalue weighted by molar-refractivity contribution is 6.40. The minimum absolute atomic E-state index is 0. The minimum atomic E-state index is 0. The van der Waals surface area contributed by atoms with Gasteiger partial charge in [-0.05, 0) is 48.0 Å². The summed E-state index contributed by atoms with van der Waals surface area (Å²) in [4.78, 5) is 0. The summed E-state index contributed by atoms with van der Waals surface area (Å²) in [5.74, 6) is 0. The topological polar surface area (TPSA) is 8.81 Å². The van der Waals surface area contributed by atoms with E-state index in [9.17, 15) is 0 Å². The van der Waals surface area contributed by atoms with Crippen molar-refractivity contribution in [2.75, 3.05) is 0 Å². The van der Waals surface area contributed by atoms with E-state index in [0.717, 1.165) is 12.2 Å². The zero-order valence-electron chi connectivity index (χ0n) is 11.8. The summed E-state index contributed by atoms with van der Waals surface area (Å²) in [6.45, 7) is 4.92. The van der Waals surface area contributed by atoms with Crippen molar-refractivity contribution in [2.24, 2.45) is 0 Å². The fraction of sp³-hybridized carbons (Fsp3) is 0.188. The fourth-order valence-corrected chi connectivity index (χ4v) is 3.01. The van der Waals surface area contributed by atoms with Gasteiger partial charge in [0.25, 0.3) is 16.6 Å². The van der Waals surface area contributed by atoms with Crippen LogP contribution in [0.25, 0.3) is 16.5 Å². The maximum absolute atomic E-state index is 6.41. The van der Waals surface area contributed by atoms with Crippen LogP contribution < -0.4 is 21.5 Å². The zero-order chi connectivity index (χ0) is 14.3. The Hall–Kier alpha value is -1.03. The molecule has 5 heteroatoms. The van der Waals surface area contributed by atoms with Crippen molar-refractivity contribution < 1.29 is 21.5 Å². The Morgan fingerprint density at radius 2 is 1.81 bits per heavy atom. The number of rotatable bonds is 2.